The van der Waals surface area contributed by atoms with Crippen LogP contribution in [0.4, 0.5) is 18.9 Å². The van der Waals surface area contributed by atoms with E-state index >= 15 is 0 Å². The molecule has 2 atom stereocenters. The summed E-state index contributed by atoms with van der Waals surface area (Å²) in [5, 5.41) is 6.73. The highest BCUT2D eigenvalue weighted by Crippen LogP contribution is 2.42. The maximum Gasteiger partial charge on any atom is 0.417 e. The number of nitrogens with one attached hydrogen (secondary N) is 2. The molecule has 2 heterocycles. The van der Waals surface area contributed by atoms with Gasteiger partial charge in [0.2, 0.25) is 9.84 Å². The van der Waals surface area contributed by atoms with Gasteiger partial charge in [-0.2, -0.15) is 13.2 Å². The van der Waals surface area contributed by atoms with Gasteiger partial charge in [-0.3, -0.25) is 0 Å². The average molecular weight is 396 g/mol. The van der Waals surface area contributed by atoms with Crippen molar-refractivity contribution < 1.29 is 21.6 Å². The lowest BCUT2D eigenvalue weighted by Crippen LogP contribution is -2.21. The molecule has 0 bridgehead atoms. The van der Waals surface area contributed by atoms with Crippen molar-refractivity contribution in [2.45, 2.75) is 40.8 Å². The first-order chi connectivity index (χ1) is 12.8. The topological polar surface area (TPSA) is 58.2 Å². The molecular weight excluding hydrogens is 377 g/mol. The minimum atomic E-state index is -4.74. The van der Waals surface area contributed by atoms with E-state index in [0.29, 0.717) is 0 Å². The van der Waals surface area contributed by atoms with Gasteiger partial charge >= 0.3 is 6.18 Å². The molecule has 0 spiro atoms. The molecule has 4 nitrogen and oxygen atoms in total. The van der Waals surface area contributed by atoms with Crippen LogP contribution in [0.2, 0.25) is 0 Å². The summed E-state index contributed by atoms with van der Waals surface area (Å²) < 4.78 is 65.9. The molecule has 2 aromatic carbocycles. The van der Waals surface area contributed by atoms with Crippen LogP contribution in [0.1, 0.15) is 29.9 Å². The fourth-order valence-electron chi connectivity index (χ4n) is 4.00. The van der Waals surface area contributed by atoms with E-state index in [4.69, 9.17) is 0 Å². The zero-order valence-corrected chi connectivity index (χ0v) is 15.2. The average Bonchev–Trinajstić information content (AvgIpc) is 2.81. The molecule has 0 aliphatic carbocycles. The normalized spacial score (nSPS) is 22.5. The van der Waals surface area contributed by atoms with Gasteiger partial charge in [0, 0.05) is 17.6 Å². The summed E-state index contributed by atoms with van der Waals surface area (Å²) in [6.45, 7) is 1.71. The maximum absolute atomic E-state index is 13.3. The van der Waals surface area contributed by atoms with Crippen molar-refractivity contribution in [1.29, 1.82) is 0 Å². The zero-order chi connectivity index (χ0) is 19.2. The van der Waals surface area contributed by atoms with Gasteiger partial charge in [0.25, 0.3) is 0 Å². The van der Waals surface area contributed by atoms with Gasteiger partial charge in [-0.15, -0.1) is 0 Å². The van der Waals surface area contributed by atoms with E-state index in [1.54, 1.807) is 12.1 Å². The van der Waals surface area contributed by atoms with Crippen molar-refractivity contribution in [3.63, 3.8) is 0 Å². The second-order valence-corrected chi connectivity index (χ2v) is 8.85. The van der Waals surface area contributed by atoms with E-state index in [2.05, 4.69) is 10.6 Å². The maximum atomic E-state index is 13.3. The van der Waals surface area contributed by atoms with Crippen LogP contribution in [0.15, 0.2) is 52.3 Å². The molecule has 4 rings (SSSR count). The number of hydrogen-bond donors (Lipinski definition) is 2. The van der Waals surface area contributed by atoms with Crippen LogP contribution in [0, 0.1) is 0 Å². The Bertz CT molecular complexity index is 973. The van der Waals surface area contributed by atoms with Crippen LogP contribution in [0.3, 0.4) is 0 Å². The molecule has 2 aromatic rings. The van der Waals surface area contributed by atoms with Crippen molar-refractivity contribution in [1.82, 2.24) is 5.32 Å². The summed E-state index contributed by atoms with van der Waals surface area (Å²) in [5.41, 5.74) is 0.601. The van der Waals surface area contributed by atoms with Crippen molar-refractivity contribution in [2.24, 2.45) is 0 Å². The molecule has 0 unspecified atom stereocenters. The highest BCUT2D eigenvalue weighted by atomic mass is 32.2. The number of fused-ring (bicyclic) bond motifs is 3. The van der Waals surface area contributed by atoms with E-state index in [-0.39, 0.29) is 16.9 Å². The monoisotopic (exact) mass is 396 g/mol. The molecule has 1 saturated heterocycles. The van der Waals surface area contributed by atoms with Crippen LogP contribution in [-0.2, 0) is 16.0 Å². The van der Waals surface area contributed by atoms with Crippen LogP contribution < -0.4 is 10.6 Å². The second-order valence-electron chi connectivity index (χ2n) is 6.93. The molecule has 144 valence electrons. The van der Waals surface area contributed by atoms with Gasteiger partial charge in [0.1, 0.15) is 0 Å². The largest absolute Gasteiger partial charge is 0.417 e. The molecule has 2 N–H and O–H groups in total. The van der Waals surface area contributed by atoms with Crippen molar-refractivity contribution in [2.75, 3.05) is 18.4 Å². The van der Waals surface area contributed by atoms with Crippen LogP contribution in [0.5, 0.6) is 0 Å². The summed E-state index contributed by atoms with van der Waals surface area (Å²) in [4.78, 5) is -0.805. The van der Waals surface area contributed by atoms with E-state index < -0.39 is 26.5 Å². The molecule has 8 heteroatoms. The van der Waals surface area contributed by atoms with Gasteiger partial charge in [-0.25, -0.2) is 8.42 Å². The number of halogens is 3. The highest BCUT2D eigenvalue weighted by molar-refractivity contribution is 7.91. The van der Waals surface area contributed by atoms with Crippen molar-refractivity contribution in [3.05, 3.63) is 53.6 Å². The SMILES string of the molecule is O=S(=O)(c1ccc2c(c1)[C@@H]1CCNCC[C@@H]1N2)c1ccccc1C(F)(F)F. The lowest BCUT2D eigenvalue weighted by Gasteiger charge is -2.16. The van der Waals surface area contributed by atoms with E-state index in [1.165, 1.54) is 18.2 Å². The predicted molar refractivity (Wildman–Crippen MR) is 95.6 cm³/mol. The predicted octanol–water partition coefficient (Wildman–Crippen LogP) is 3.80. The fraction of sp³-hybridized carbons (Fsp3) is 0.368. The Kier molecular flexibility index (Phi) is 4.43. The van der Waals surface area contributed by atoms with Crippen molar-refractivity contribution in [3.8, 4) is 0 Å². The smallest absolute Gasteiger partial charge is 0.381 e. The number of sulfone groups is 1. The second kappa shape index (κ2) is 6.53. The highest BCUT2D eigenvalue weighted by Gasteiger charge is 2.38. The van der Waals surface area contributed by atoms with Gasteiger partial charge in [-0.05, 0) is 61.8 Å². The lowest BCUT2D eigenvalue weighted by atomic mass is 9.91. The van der Waals surface area contributed by atoms with Gasteiger partial charge in [0.15, 0.2) is 0 Å². The third-order valence-electron chi connectivity index (χ3n) is 5.31. The zero-order valence-electron chi connectivity index (χ0n) is 14.4. The standard InChI is InChI=1S/C19H19F3N2O2S/c20-19(21,22)15-3-1-2-4-18(15)27(25,26)12-5-6-16-14(11-12)13-7-9-23-10-8-17(13)24-16/h1-6,11,13,17,23-24H,7-10H2/t13-,17-/m0/s1. The number of benzene rings is 2. The Labute approximate surface area is 155 Å². The summed E-state index contributed by atoms with van der Waals surface area (Å²) in [7, 11) is -4.28. The van der Waals surface area contributed by atoms with Gasteiger partial charge in [0.05, 0.1) is 15.4 Å². The molecule has 2 aliphatic rings. The minimum Gasteiger partial charge on any atom is -0.381 e. The van der Waals surface area contributed by atoms with Crippen molar-refractivity contribution >= 4 is 15.5 Å². The van der Waals surface area contributed by atoms with Crippen LogP contribution in [-0.4, -0.2) is 27.5 Å². The summed E-state index contributed by atoms with van der Waals surface area (Å²) in [5.74, 6) is 0.156. The molecule has 0 amide bonds. The number of anilines is 1. The molecule has 0 aromatic heterocycles. The van der Waals surface area contributed by atoms with E-state index in [9.17, 15) is 21.6 Å². The Balaban J connectivity index is 1.79. The molecule has 2 aliphatic heterocycles. The third-order valence-corrected chi connectivity index (χ3v) is 7.12. The molecule has 1 fully saturated rings. The Morgan fingerprint density at radius 3 is 2.52 bits per heavy atom. The van der Waals surface area contributed by atoms with E-state index in [0.717, 1.165) is 49.3 Å². The lowest BCUT2D eigenvalue weighted by molar-refractivity contribution is -0.139. The molecule has 27 heavy (non-hydrogen) atoms. The van der Waals surface area contributed by atoms with Gasteiger partial charge in [-0.1, -0.05) is 12.1 Å². The summed E-state index contributed by atoms with van der Waals surface area (Å²) in [6, 6.07) is 9.13. The van der Waals surface area contributed by atoms with Crippen LogP contribution >= 0.6 is 0 Å². The Morgan fingerprint density at radius 1 is 1.00 bits per heavy atom. The Hall–Kier alpha value is -2.06. The number of alkyl halides is 3. The quantitative estimate of drug-likeness (QED) is 0.811. The van der Waals surface area contributed by atoms with E-state index in [1.807, 2.05) is 0 Å². The Morgan fingerprint density at radius 2 is 1.74 bits per heavy atom. The molecule has 0 saturated carbocycles. The fourth-order valence-corrected chi connectivity index (χ4v) is 5.51. The van der Waals surface area contributed by atoms with Crippen LogP contribution in [0.25, 0.3) is 0 Å². The third kappa shape index (κ3) is 3.21. The number of hydrogen-bond acceptors (Lipinski definition) is 4. The molecule has 0 radical (unpaired) electrons. The first-order valence-corrected chi connectivity index (χ1v) is 10.3. The van der Waals surface area contributed by atoms with Gasteiger partial charge < -0.3 is 10.6 Å². The minimum absolute atomic E-state index is 0.0994. The number of rotatable bonds is 2. The first kappa shape index (κ1) is 18.3. The first-order valence-electron chi connectivity index (χ1n) is 8.81. The molecular formula is C19H19F3N2O2S. The summed E-state index contributed by atoms with van der Waals surface area (Å²) >= 11 is 0. The summed E-state index contributed by atoms with van der Waals surface area (Å²) in [6.07, 6.45) is -2.97.